The highest BCUT2D eigenvalue weighted by atomic mass is 35.5. The van der Waals surface area contributed by atoms with E-state index in [4.69, 9.17) is 11.6 Å². The molecular formula is C19H27ClN4O3S. The van der Waals surface area contributed by atoms with Gasteiger partial charge < -0.3 is 5.32 Å². The van der Waals surface area contributed by atoms with E-state index in [9.17, 15) is 13.2 Å². The molecule has 0 aliphatic carbocycles. The predicted octanol–water partition coefficient (Wildman–Crippen LogP) is 2.60. The zero-order valence-corrected chi connectivity index (χ0v) is 18.3. The molecule has 0 atom stereocenters. The van der Waals surface area contributed by atoms with Crippen LogP contribution < -0.4 is 5.32 Å². The summed E-state index contributed by atoms with van der Waals surface area (Å²) in [6.45, 7) is 7.14. The van der Waals surface area contributed by atoms with Crippen molar-refractivity contribution in [3.63, 3.8) is 0 Å². The Labute approximate surface area is 171 Å². The molecule has 9 heteroatoms. The molecule has 0 saturated carbocycles. The molecule has 1 aromatic heterocycles. The lowest BCUT2D eigenvalue weighted by Gasteiger charge is -2.17. The maximum Gasteiger partial charge on any atom is 0.256 e. The highest BCUT2D eigenvalue weighted by Crippen LogP contribution is 2.21. The van der Waals surface area contributed by atoms with Gasteiger partial charge in [0.1, 0.15) is 5.15 Å². The van der Waals surface area contributed by atoms with Gasteiger partial charge in [0.25, 0.3) is 5.91 Å². The molecule has 0 radical (unpaired) electrons. The van der Waals surface area contributed by atoms with E-state index >= 15 is 0 Å². The molecule has 0 spiro atoms. The van der Waals surface area contributed by atoms with Crippen molar-refractivity contribution in [2.24, 2.45) is 0 Å². The monoisotopic (exact) mass is 426 g/mol. The molecule has 1 N–H and O–H groups in total. The number of amides is 1. The molecule has 0 fully saturated rings. The Kier molecular flexibility index (Phi) is 7.63. The number of carbonyl (C=O) groups excluding carboxylic acids is 1. The van der Waals surface area contributed by atoms with Crippen molar-refractivity contribution in [3.8, 4) is 0 Å². The van der Waals surface area contributed by atoms with Crippen LogP contribution in [-0.2, 0) is 16.6 Å². The Morgan fingerprint density at radius 3 is 2.46 bits per heavy atom. The van der Waals surface area contributed by atoms with Gasteiger partial charge in [-0.3, -0.25) is 4.79 Å². The molecule has 0 saturated heterocycles. The number of sulfonamides is 1. The first-order valence-corrected chi connectivity index (χ1v) is 11.4. The summed E-state index contributed by atoms with van der Waals surface area (Å²) in [6.07, 6.45) is 1.70. The second-order valence-corrected chi connectivity index (χ2v) is 9.10. The van der Waals surface area contributed by atoms with Crippen molar-refractivity contribution in [1.29, 1.82) is 0 Å². The third-order valence-corrected chi connectivity index (χ3v) is 6.20. The number of rotatable bonds is 9. The zero-order chi connectivity index (χ0) is 20.9. The quantitative estimate of drug-likeness (QED) is 0.624. The Balaban J connectivity index is 1.98. The lowest BCUT2D eigenvalue weighted by atomic mass is 10.1. The summed E-state index contributed by atoms with van der Waals surface area (Å²) in [5, 5.41) is 7.48. The van der Waals surface area contributed by atoms with Crippen LogP contribution in [0.15, 0.2) is 24.3 Å². The second-order valence-electron chi connectivity index (χ2n) is 6.76. The fourth-order valence-corrected chi connectivity index (χ4v) is 4.14. The maximum absolute atomic E-state index is 12.5. The summed E-state index contributed by atoms with van der Waals surface area (Å²) in [5.41, 5.74) is 3.12. The van der Waals surface area contributed by atoms with Crippen LogP contribution >= 0.6 is 11.6 Å². The van der Waals surface area contributed by atoms with Gasteiger partial charge in [-0.05, 0) is 25.8 Å². The molecule has 1 amide bonds. The predicted molar refractivity (Wildman–Crippen MR) is 111 cm³/mol. The van der Waals surface area contributed by atoms with Gasteiger partial charge in [0.15, 0.2) is 0 Å². The van der Waals surface area contributed by atoms with Crippen LogP contribution in [0.5, 0.6) is 0 Å². The molecule has 1 aromatic carbocycles. The van der Waals surface area contributed by atoms with Crippen LogP contribution in [0, 0.1) is 13.8 Å². The van der Waals surface area contributed by atoms with Gasteiger partial charge in [0.2, 0.25) is 10.0 Å². The fourth-order valence-electron chi connectivity index (χ4n) is 2.89. The lowest BCUT2D eigenvalue weighted by Crippen LogP contribution is -2.33. The number of carbonyl (C=O) groups is 1. The number of nitrogens with one attached hydrogen (secondary N) is 1. The van der Waals surface area contributed by atoms with Crippen LogP contribution in [0.1, 0.15) is 40.5 Å². The highest BCUT2D eigenvalue weighted by Gasteiger charge is 2.20. The maximum atomic E-state index is 12.5. The molecule has 1 heterocycles. The van der Waals surface area contributed by atoms with E-state index < -0.39 is 10.0 Å². The average molecular weight is 427 g/mol. The first-order valence-electron chi connectivity index (χ1n) is 9.15. The number of hydrogen-bond acceptors (Lipinski definition) is 4. The second kappa shape index (κ2) is 9.54. The Morgan fingerprint density at radius 1 is 1.25 bits per heavy atom. The molecule has 0 aliphatic rings. The van der Waals surface area contributed by atoms with E-state index in [0.29, 0.717) is 49.0 Å². The molecule has 154 valence electrons. The van der Waals surface area contributed by atoms with Gasteiger partial charge in [0, 0.05) is 19.6 Å². The first kappa shape index (κ1) is 22.4. The molecule has 7 nitrogen and oxygen atoms in total. The van der Waals surface area contributed by atoms with Crippen molar-refractivity contribution in [3.05, 3.63) is 51.8 Å². The topological polar surface area (TPSA) is 84.3 Å². The smallest absolute Gasteiger partial charge is 0.256 e. The average Bonchev–Trinajstić information content (AvgIpc) is 2.89. The van der Waals surface area contributed by atoms with Crippen molar-refractivity contribution in [2.45, 2.75) is 33.7 Å². The fraction of sp³-hybridized carbons (Fsp3) is 0.474. The summed E-state index contributed by atoms with van der Waals surface area (Å²) in [6, 6.07) is 8.04. The van der Waals surface area contributed by atoms with E-state index in [1.807, 2.05) is 31.2 Å². The zero-order valence-electron chi connectivity index (χ0n) is 16.7. The van der Waals surface area contributed by atoms with Crippen molar-refractivity contribution in [2.75, 3.05) is 25.9 Å². The normalized spacial score (nSPS) is 11.8. The van der Waals surface area contributed by atoms with E-state index in [1.54, 1.807) is 18.5 Å². The number of benzene rings is 1. The number of nitrogens with zero attached hydrogens (tertiary/aromatic N) is 3. The molecule has 2 aromatic rings. The molecular weight excluding hydrogens is 400 g/mol. The molecule has 0 unspecified atom stereocenters. The SMILES string of the molecule is CCN(CCCNC(=O)c1c(C)nn(Cc2ccc(C)cc2)c1Cl)S(C)(=O)=O. The summed E-state index contributed by atoms with van der Waals surface area (Å²) in [7, 11) is -3.22. The summed E-state index contributed by atoms with van der Waals surface area (Å²) in [5.74, 6) is -0.305. The van der Waals surface area contributed by atoms with Crippen LogP contribution in [-0.4, -0.2) is 54.3 Å². The van der Waals surface area contributed by atoms with Crippen LogP contribution in [0.2, 0.25) is 5.15 Å². The third-order valence-electron chi connectivity index (χ3n) is 4.44. The van der Waals surface area contributed by atoms with Crippen molar-refractivity contribution in [1.82, 2.24) is 19.4 Å². The first-order chi connectivity index (χ1) is 13.1. The molecule has 2 rings (SSSR count). The largest absolute Gasteiger partial charge is 0.352 e. The van der Waals surface area contributed by atoms with Gasteiger partial charge in [-0.15, -0.1) is 0 Å². The Hall–Kier alpha value is -1.90. The number of aryl methyl sites for hydroxylation is 2. The van der Waals surface area contributed by atoms with Crippen molar-refractivity contribution < 1.29 is 13.2 Å². The molecule has 28 heavy (non-hydrogen) atoms. The van der Waals surface area contributed by atoms with E-state index in [0.717, 1.165) is 5.56 Å². The summed E-state index contributed by atoms with van der Waals surface area (Å²) < 4.78 is 26.1. The Morgan fingerprint density at radius 2 is 1.89 bits per heavy atom. The van der Waals surface area contributed by atoms with Gasteiger partial charge in [0.05, 0.1) is 24.1 Å². The van der Waals surface area contributed by atoms with Gasteiger partial charge in [-0.2, -0.15) is 5.10 Å². The number of hydrogen-bond donors (Lipinski definition) is 1. The number of aromatic nitrogens is 2. The summed E-state index contributed by atoms with van der Waals surface area (Å²) >= 11 is 6.40. The van der Waals surface area contributed by atoms with E-state index in [2.05, 4.69) is 10.4 Å². The standard InChI is InChI=1S/C19H27ClN4O3S/c1-5-23(28(4,26)27)12-6-11-21-19(25)17-15(3)22-24(18(17)20)13-16-9-7-14(2)8-10-16/h7-10H,5-6,11-13H2,1-4H3,(H,21,25). The van der Waals surface area contributed by atoms with Crippen molar-refractivity contribution >= 4 is 27.5 Å². The molecule has 0 aliphatic heterocycles. The van der Waals surface area contributed by atoms with Crippen LogP contribution in [0.25, 0.3) is 0 Å². The van der Waals surface area contributed by atoms with Crippen LogP contribution in [0.4, 0.5) is 0 Å². The highest BCUT2D eigenvalue weighted by molar-refractivity contribution is 7.88. The van der Waals surface area contributed by atoms with Gasteiger partial charge in [-0.25, -0.2) is 17.4 Å². The van der Waals surface area contributed by atoms with Gasteiger partial charge >= 0.3 is 0 Å². The minimum absolute atomic E-state index is 0.293. The van der Waals surface area contributed by atoms with Gasteiger partial charge in [-0.1, -0.05) is 48.4 Å². The molecule has 0 bridgehead atoms. The third kappa shape index (κ3) is 5.80. The minimum Gasteiger partial charge on any atom is -0.352 e. The van der Waals surface area contributed by atoms with E-state index in [1.165, 1.54) is 16.1 Å². The number of halogens is 1. The van der Waals surface area contributed by atoms with E-state index in [-0.39, 0.29) is 5.91 Å². The minimum atomic E-state index is -3.22. The van der Waals surface area contributed by atoms with Crippen LogP contribution in [0.3, 0.4) is 0 Å². The summed E-state index contributed by atoms with van der Waals surface area (Å²) in [4.78, 5) is 12.5. The Bertz CT molecular complexity index is 923. The lowest BCUT2D eigenvalue weighted by molar-refractivity contribution is 0.0952.